The van der Waals surface area contributed by atoms with E-state index in [0.717, 1.165) is 11.3 Å². The monoisotopic (exact) mass is 391 g/mol. The zero-order valence-corrected chi connectivity index (χ0v) is 16.3. The molecule has 0 unspecified atom stereocenters. The average Bonchev–Trinajstić information content (AvgIpc) is 2.62. The van der Waals surface area contributed by atoms with Crippen LogP contribution in [0.25, 0.3) is 0 Å². The van der Waals surface area contributed by atoms with Gasteiger partial charge in [0.05, 0.1) is 0 Å². The smallest absolute Gasteiger partial charge is 0.319 e. The molecule has 2 aromatic carbocycles. The van der Waals surface area contributed by atoms with Crippen molar-refractivity contribution in [3.8, 4) is 5.75 Å². The molecule has 138 valence electrons. The number of hydrogen-bond donors (Lipinski definition) is 3. The predicted molar refractivity (Wildman–Crippen MR) is 110 cm³/mol. The van der Waals surface area contributed by atoms with Gasteiger partial charge < -0.3 is 20.7 Å². The molecule has 0 heterocycles. The van der Waals surface area contributed by atoms with E-state index in [2.05, 4.69) is 16.0 Å². The molecule has 0 radical (unpaired) electrons. The summed E-state index contributed by atoms with van der Waals surface area (Å²) in [5, 5.41) is 9.15. The molecular weight excluding hydrogens is 370 g/mol. The molecular formula is C19H22ClN3O2S. The molecule has 0 saturated heterocycles. The molecule has 3 N–H and O–H groups in total. The maximum atomic E-state index is 11.8. The van der Waals surface area contributed by atoms with Gasteiger partial charge in [0, 0.05) is 23.8 Å². The number of urea groups is 1. The van der Waals surface area contributed by atoms with Gasteiger partial charge in [0.25, 0.3) is 0 Å². The number of nitrogens with one attached hydrogen (secondary N) is 3. The van der Waals surface area contributed by atoms with Crippen molar-refractivity contribution in [3.05, 3.63) is 58.6 Å². The first-order chi connectivity index (χ1) is 12.5. The Morgan fingerprint density at radius 1 is 1.08 bits per heavy atom. The van der Waals surface area contributed by atoms with Gasteiger partial charge in [0.1, 0.15) is 17.3 Å². The van der Waals surface area contributed by atoms with Crippen molar-refractivity contribution in [1.29, 1.82) is 0 Å². The van der Waals surface area contributed by atoms with Gasteiger partial charge in [0.15, 0.2) is 0 Å². The highest BCUT2D eigenvalue weighted by Crippen LogP contribution is 2.20. The summed E-state index contributed by atoms with van der Waals surface area (Å²) in [5.74, 6) is 0.828. The van der Waals surface area contributed by atoms with E-state index in [1.165, 1.54) is 5.56 Å². The molecule has 7 heteroatoms. The van der Waals surface area contributed by atoms with E-state index in [0.29, 0.717) is 35.4 Å². The molecule has 0 aliphatic rings. The highest BCUT2D eigenvalue weighted by Gasteiger charge is 2.04. The van der Waals surface area contributed by atoms with Crippen LogP contribution in [0.4, 0.5) is 10.5 Å². The number of hydrogen-bond acceptors (Lipinski definition) is 3. The van der Waals surface area contributed by atoms with E-state index < -0.39 is 0 Å². The van der Waals surface area contributed by atoms with E-state index in [1.54, 1.807) is 24.3 Å². The number of aryl methyl sites for hydroxylation is 1. The maximum absolute atomic E-state index is 11.8. The molecule has 0 bridgehead atoms. The Morgan fingerprint density at radius 2 is 1.77 bits per heavy atom. The second-order valence-electron chi connectivity index (χ2n) is 5.72. The van der Waals surface area contributed by atoms with Gasteiger partial charge in [-0.1, -0.05) is 36.0 Å². The fraction of sp³-hybridized carbons (Fsp3) is 0.263. The largest absolute Gasteiger partial charge is 0.486 e. The fourth-order valence-electron chi connectivity index (χ4n) is 2.16. The molecule has 2 aromatic rings. The summed E-state index contributed by atoms with van der Waals surface area (Å²) >= 11 is 11.1. The van der Waals surface area contributed by atoms with E-state index in [9.17, 15) is 4.79 Å². The van der Waals surface area contributed by atoms with Crippen molar-refractivity contribution in [3.63, 3.8) is 0 Å². The zero-order chi connectivity index (χ0) is 18.9. The van der Waals surface area contributed by atoms with Crippen molar-refractivity contribution in [2.24, 2.45) is 0 Å². The fourth-order valence-corrected chi connectivity index (χ4v) is 2.45. The SMILES string of the molecule is Cc1cccc(OCC(=S)NCCNC(=O)Nc2ccc(Cl)cc2)c1C. The minimum Gasteiger partial charge on any atom is -0.486 e. The van der Waals surface area contributed by atoms with Gasteiger partial charge in [0.2, 0.25) is 0 Å². The lowest BCUT2D eigenvalue weighted by molar-refractivity contribution is 0.252. The Morgan fingerprint density at radius 3 is 2.50 bits per heavy atom. The molecule has 0 saturated carbocycles. The molecule has 2 rings (SSSR count). The first-order valence-corrected chi connectivity index (χ1v) is 9.00. The van der Waals surface area contributed by atoms with Crippen LogP contribution in [-0.4, -0.2) is 30.7 Å². The molecule has 26 heavy (non-hydrogen) atoms. The van der Waals surface area contributed by atoms with E-state index in [4.69, 9.17) is 28.6 Å². The molecule has 0 aliphatic carbocycles. The number of thiocarbonyl (C=S) groups is 1. The number of ether oxygens (including phenoxy) is 1. The Hall–Kier alpha value is -2.31. The quantitative estimate of drug-likeness (QED) is 0.491. The number of halogens is 1. The average molecular weight is 392 g/mol. The minimum atomic E-state index is -0.285. The van der Waals surface area contributed by atoms with Crippen LogP contribution >= 0.6 is 23.8 Å². The van der Waals surface area contributed by atoms with Crippen LogP contribution in [-0.2, 0) is 0 Å². The van der Waals surface area contributed by atoms with Crippen molar-refractivity contribution in [1.82, 2.24) is 10.6 Å². The summed E-state index contributed by atoms with van der Waals surface area (Å²) in [7, 11) is 0. The first kappa shape index (κ1) is 20.0. The maximum Gasteiger partial charge on any atom is 0.319 e. The van der Waals surface area contributed by atoms with E-state index >= 15 is 0 Å². The van der Waals surface area contributed by atoms with Crippen molar-refractivity contribution >= 4 is 40.5 Å². The molecule has 2 amide bonds. The highest BCUT2D eigenvalue weighted by molar-refractivity contribution is 7.80. The van der Waals surface area contributed by atoms with Crippen LogP contribution in [0.5, 0.6) is 5.75 Å². The van der Waals surface area contributed by atoms with Gasteiger partial charge in [-0.2, -0.15) is 0 Å². The van der Waals surface area contributed by atoms with Gasteiger partial charge in [-0.05, 0) is 55.3 Å². The molecule has 5 nitrogen and oxygen atoms in total. The highest BCUT2D eigenvalue weighted by atomic mass is 35.5. The van der Waals surface area contributed by atoms with Crippen LogP contribution in [0.2, 0.25) is 5.02 Å². The van der Waals surface area contributed by atoms with Crippen LogP contribution < -0.4 is 20.7 Å². The summed E-state index contributed by atoms with van der Waals surface area (Å²) in [6.07, 6.45) is 0. The summed E-state index contributed by atoms with van der Waals surface area (Å²) in [6, 6.07) is 12.5. The summed E-state index contributed by atoms with van der Waals surface area (Å²) in [5.41, 5.74) is 2.96. The molecule has 0 aliphatic heterocycles. The Balaban J connectivity index is 1.63. The van der Waals surface area contributed by atoms with Crippen LogP contribution in [0.3, 0.4) is 0 Å². The third kappa shape index (κ3) is 6.54. The first-order valence-electron chi connectivity index (χ1n) is 8.22. The number of rotatable bonds is 7. The summed E-state index contributed by atoms with van der Waals surface area (Å²) < 4.78 is 5.73. The van der Waals surface area contributed by atoms with Crippen molar-refractivity contribution < 1.29 is 9.53 Å². The summed E-state index contributed by atoms with van der Waals surface area (Å²) in [6.45, 7) is 5.31. The third-order valence-electron chi connectivity index (χ3n) is 3.75. The Kier molecular flexibility index (Phi) is 7.69. The molecule has 0 atom stereocenters. The third-order valence-corrected chi connectivity index (χ3v) is 4.26. The van der Waals surface area contributed by atoms with Gasteiger partial charge >= 0.3 is 6.03 Å². The van der Waals surface area contributed by atoms with Crippen LogP contribution in [0, 0.1) is 13.8 Å². The molecule has 0 fully saturated rings. The Labute approximate surface area is 164 Å². The van der Waals surface area contributed by atoms with Crippen LogP contribution in [0.1, 0.15) is 11.1 Å². The predicted octanol–water partition coefficient (Wildman–Crippen LogP) is 4.07. The molecule has 0 aromatic heterocycles. The topological polar surface area (TPSA) is 62.4 Å². The second kappa shape index (κ2) is 9.99. The number of anilines is 1. The van der Waals surface area contributed by atoms with Gasteiger partial charge in [-0.25, -0.2) is 4.79 Å². The lowest BCUT2D eigenvalue weighted by atomic mass is 10.1. The van der Waals surface area contributed by atoms with Gasteiger partial charge in [-0.15, -0.1) is 0 Å². The second-order valence-corrected chi connectivity index (χ2v) is 6.65. The Bertz CT molecular complexity index is 766. The summed E-state index contributed by atoms with van der Waals surface area (Å²) in [4.78, 5) is 12.4. The number of amides is 2. The minimum absolute atomic E-state index is 0.285. The van der Waals surface area contributed by atoms with Crippen molar-refractivity contribution in [2.45, 2.75) is 13.8 Å². The normalized spacial score (nSPS) is 10.1. The van der Waals surface area contributed by atoms with Crippen molar-refractivity contribution in [2.75, 3.05) is 25.0 Å². The van der Waals surface area contributed by atoms with Gasteiger partial charge in [-0.3, -0.25) is 0 Å². The molecule has 0 spiro atoms. The zero-order valence-electron chi connectivity index (χ0n) is 14.8. The number of carbonyl (C=O) groups excluding carboxylic acids is 1. The van der Waals surface area contributed by atoms with E-state index in [1.807, 2.05) is 32.0 Å². The van der Waals surface area contributed by atoms with E-state index in [-0.39, 0.29) is 6.03 Å². The number of carbonyl (C=O) groups is 1. The lowest BCUT2D eigenvalue weighted by Gasteiger charge is -2.13. The lowest BCUT2D eigenvalue weighted by Crippen LogP contribution is -2.37. The number of benzene rings is 2. The van der Waals surface area contributed by atoms with Crippen LogP contribution in [0.15, 0.2) is 42.5 Å². The standard InChI is InChI=1S/C19H22ClN3O2S/c1-13-4-3-5-17(14(13)2)25-12-18(26)21-10-11-22-19(24)23-16-8-6-15(20)7-9-16/h3-9H,10-12H2,1-2H3,(H,21,26)(H2,22,23,24).